The van der Waals surface area contributed by atoms with Gasteiger partial charge in [-0.25, -0.2) is 0 Å². The van der Waals surface area contributed by atoms with Gasteiger partial charge < -0.3 is 9.64 Å². The fourth-order valence-electron chi connectivity index (χ4n) is 3.45. The van der Waals surface area contributed by atoms with Crippen molar-refractivity contribution in [3.8, 4) is 0 Å². The van der Waals surface area contributed by atoms with Gasteiger partial charge in [-0.3, -0.25) is 9.78 Å². The first kappa shape index (κ1) is 18.3. The molecule has 0 unspecified atom stereocenters. The predicted molar refractivity (Wildman–Crippen MR) is 102 cm³/mol. The van der Waals surface area contributed by atoms with E-state index in [2.05, 4.69) is 17.1 Å². The predicted octanol–water partition coefficient (Wildman–Crippen LogP) is 4.15. The fourth-order valence-corrected chi connectivity index (χ4v) is 3.45. The number of carbonyl (C=O) groups excluding carboxylic acids is 1. The molecule has 0 saturated heterocycles. The van der Waals surface area contributed by atoms with Crippen LogP contribution in [0.3, 0.4) is 0 Å². The lowest BCUT2D eigenvalue weighted by atomic mass is 9.93. The van der Waals surface area contributed by atoms with Crippen molar-refractivity contribution < 1.29 is 9.53 Å². The highest BCUT2D eigenvalue weighted by Gasteiger charge is 2.28. The van der Waals surface area contributed by atoms with Gasteiger partial charge in [0.2, 0.25) is 0 Å². The molecule has 1 aliphatic carbocycles. The lowest BCUT2D eigenvalue weighted by Crippen LogP contribution is -2.39. The Balaban J connectivity index is 1.80. The average Bonchev–Trinajstić information content (AvgIpc) is 2.70. The summed E-state index contributed by atoms with van der Waals surface area (Å²) in [7, 11) is 1.60. The SMILES string of the molecule is CO[C@@H](C(=O)N(Cc1cccnc1)C[C@H]1CC=CCC1)c1ccccc1. The third-order valence-corrected chi connectivity index (χ3v) is 4.83. The Morgan fingerprint density at radius 2 is 2.08 bits per heavy atom. The summed E-state index contributed by atoms with van der Waals surface area (Å²) in [5, 5.41) is 0. The van der Waals surface area contributed by atoms with E-state index in [0.29, 0.717) is 12.5 Å². The van der Waals surface area contributed by atoms with Crippen molar-refractivity contribution in [3.05, 3.63) is 78.1 Å². The molecule has 1 amide bonds. The van der Waals surface area contributed by atoms with E-state index in [1.54, 1.807) is 13.3 Å². The second kappa shape index (κ2) is 9.30. The second-order valence-electron chi connectivity index (χ2n) is 6.76. The number of pyridine rings is 1. The summed E-state index contributed by atoms with van der Waals surface area (Å²) in [6, 6.07) is 13.6. The number of benzene rings is 1. The molecule has 4 nitrogen and oxygen atoms in total. The standard InChI is InChI=1S/C22H26N2O2/c1-26-21(20-12-6-3-7-13-20)22(25)24(16-18-9-4-2-5-10-18)17-19-11-8-14-23-15-19/h2-4,6-8,11-15,18,21H,5,9-10,16-17H2,1H3/t18-,21+/m0/s1. The zero-order valence-corrected chi connectivity index (χ0v) is 15.3. The van der Waals surface area contributed by atoms with Crippen LogP contribution in [-0.4, -0.2) is 29.4 Å². The molecule has 1 aliphatic rings. The van der Waals surface area contributed by atoms with Crippen LogP contribution < -0.4 is 0 Å². The molecular weight excluding hydrogens is 324 g/mol. The molecule has 0 fully saturated rings. The molecule has 0 saturated carbocycles. The van der Waals surface area contributed by atoms with E-state index in [1.165, 1.54) is 0 Å². The van der Waals surface area contributed by atoms with Crippen molar-refractivity contribution in [1.82, 2.24) is 9.88 Å². The number of amides is 1. The van der Waals surface area contributed by atoms with Crippen LogP contribution in [0.15, 0.2) is 67.0 Å². The molecule has 2 aromatic rings. The van der Waals surface area contributed by atoms with Crippen LogP contribution in [0.1, 0.15) is 36.5 Å². The van der Waals surface area contributed by atoms with Gasteiger partial charge in [-0.05, 0) is 42.4 Å². The van der Waals surface area contributed by atoms with Gasteiger partial charge in [0.05, 0.1) is 0 Å². The number of methoxy groups -OCH3 is 1. The first-order valence-corrected chi connectivity index (χ1v) is 9.18. The minimum Gasteiger partial charge on any atom is -0.367 e. The van der Waals surface area contributed by atoms with Crippen LogP contribution in [0.25, 0.3) is 0 Å². The number of nitrogens with zero attached hydrogens (tertiary/aromatic N) is 2. The number of hydrogen-bond acceptors (Lipinski definition) is 3. The normalized spacial score (nSPS) is 17.7. The Labute approximate surface area is 155 Å². The van der Waals surface area contributed by atoms with Crippen LogP contribution in [0, 0.1) is 5.92 Å². The summed E-state index contributed by atoms with van der Waals surface area (Å²) in [5.74, 6) is 0.506. The minimum atomic E-state index is -0.577. The lowest BCUT2D eigenvalue weighted by molar-refractivity contribution is -0.143. The van der Waals surface area contributed by atoms with Crippen LogP contribution in [-0.2, 0) is 16.1 Å². The average molecular weight is 350 g/mol. The Kier molecular flexibility index (Phi) is 6.56. The van der Waals surface area contributed by atoms with Gasteiger partial charge in [0.15, 0.2) is 6.10 Å². The van der Waals surface area contributed by atoms with Gasteiger partial charge in [0, 0.05) is 32.6 Å². The molecule has 0 bridgehead atoms. The van der Waals surface area contributed by atoms with Crippen molar-refractivity contribution in [2.45, 2.75) is 31.9 Å². The van der Waals surface area contributed by atoms with Crippen molar-refractivity contribution in [2.75, 3.05) is 13.7 Å². The van der Waals surface area contributed by atoms with Crippen LogP contribution in [0.4, 0.5) is 0 Å². The summed E-state index contributed by atoms with van der Waals surface area (Å²) < 4.78 is 5.59. The Hall–Kier alpha value is -2.46. The molecule has 0 aliphatic heterocycles. The van der Waals surface area contributed by atoms with E-state index in [-0.39, 0.29) is 5.91 Å². The molecule has 1 aromatic heterocycles. The maximum Gasteiger partial charge on any atom is 0.256 e. The number of ether oxygens (including phenoxy) is 1. The molecule has 0 radical (unpaired) electrons. The van der Waals surface area contributed by atoms with E-state index in [4.69, 9.17) is 4.74 Å². The summed E-state index contributed by atoms with van der Waals surface area (Å²) in [5.41, 5.74) is 1.93. The number of rotatable bonds is 7. The van der Waals surface area contributed by atoms with Gasteiger partial charge >= 0.3 is 0 Å². The van der Waals surface area contributed by atoms with E-state index in [1.807, 2.05) is 53.6 Å². The minimum absolute atomic E-state index is 0.0112. The van der Waals surface area contributed by atoms with Gasteiger partial charge in [-0.2, -0.15) is 0 Å². The van der Waals surface area contributed by atoms with Gasteiger partial charge in [-0.15, -0.1) is 0 Å². The maximum absolute atomic E-state index is 13.3. The Bertz CT molecular complexity index is 715. The summed E-state index contributed by atoms with van der Waals surface area (Å²) in [6.07, 6.45) is 10.7. The molecule has 4 heteroatoms. The summed E-state index contributed by atoms with van der Waals surface area (Å²) >= 11 is 0. The molecule has 26 heavy (non-hydrogen) atoms. The third-order valence-electron chi connectivity index (χ3n) is 4.83. The lowest BCUT2D eigenvalue weighted by Gasteiger charge is -2.31. The molecule has 1 aromatic carbocycles. The van der Waals surface area contributed by atoms with Gasteiger partial charge in [-0.1, -0.05) is 48.6 Å². The second-order valence-corrected chi connectivity index (χ2v) is 6.76. The quantitative estimate of drug-likeness (QED) is 0.704. The molecule has 1 heterocycles. The third kappa shape index (κ3) is 4.79. The Morgan fingerprint density at radius 1 is 1.23 bits per heavy atom. The summed E-state index contributed by atoms with van der Waals surface area (Å²) in [4.78, 5) is 19.4. The number of aromatic nitrogens is 1. The van der Waals surface area contributed by atoms with Crippen molar-refractivity contribution in [3.63, 3.8) is 0 Å². The van der Waals surface area contributed by atoms with E-state index in [9.17, 15) is 4.79 Å². The van der Waals surface area contributed by atoms with E-state index < -0.39 is 6.10 Å². The molecule has 136 valence electrons. The Morgan fingerprint density at radius 3 is 2.73 bits per heavy atom. The number of allylic oxidation sites excluding steroid dienone is 2. The van der Waals surface area contributed by atoms with Crippen LogP contribution in [0.5, 0.6) is 0 Å². The largest absolute Gasteiger partial charge is 0.367 e. The number of hydrogen-bond donors (Lipinski definition) is 0. The highest BCUT2D eigenvalue weighted by molar-refractivity contribution is 5.82. The highest BCUT2D eigenvalue weighted by Crippen LogP contribution is 2.24. The fraction of sp³-hybridized carbons (Fsp3) is 0.364. The topological polar surface area (TPSA) is 42.4 Å². The van der Waals surface area contributed by atoms with Crippen molar-refractivity contribution in [2.24, 2.45) is 5.92 Å². The van der Waals surface area contributed by atoms with E-state index in [0.717, 1.165) is 36.9 Å². The van der Waals surface area contributed by atoms with Crippen LogP contribution in [0.2, 0.25) is 0 Å². The molecule has 0 spiro atoms. The molecule has 3 rings (SSSR count). The van der Waals surface area contributed by atoms with Crippen molar-refractivity contribution >= 4 is 5.91 Å². The van der Waals surface area contributed by atoms with Gasteiger partial charge in [0.25, 0.3) is 5.91 Å². The zero-order chi connectivity index (χ0) is 18.2. The van der Waals surface area contributed by atoms with Crippen molar-refractivity contribution in [1.29, 1.82) is 0 Å². The monoisotopic (exact) mass is 350 g/mol. The smallest absolute Gasteiger partial charge is 0.256 e. The summed E-state index contributed by atoms with van der Waals surface area (Å²) in [6.45, 7) is 1.30. The molecular formula is C22H26N2O2. The molecule has 2 atom stereocenters. The van der Waals surface area contributed by atoms with Crippen LogP contribution >= 0.6 is 0 Å². The number of carbonyl (C=O) groups is 1. The van der Waals surface area contributed by atoms with E-state index >= 15 is 0 Å². The zero-order valence-electron chi connectivity index (χ0n) is 15.3. The first-order chi connectivity index (χ1) is 12.8. The first-order valence-electron chi connectivity index (χ1n) is 9.18. The molecule has 0 N–H and O–H groups in total. The van der Waals surface area contributed by atoms with Gasteiger partial charge in [0.1, 0.15) is 0 Å². The maximum atomic E-state index is 13.3. The highest BCUT2D eigenvalue weighted by atomic mass is 16.5.